The second-order valence-electron chi connectivity index (χ2n) is 7.09. The highest BCUT2D eigenvalue weighted by Gasteiger charge is 2.06. The van der Waals surface area contributed by atoms with Crippen molar-refractivity contribution < 1.29 is 14.5 Å². The van der Waals surface area contributed by atoms with Crippen LogP contribution in [0.15, 0.2) is 94.6 Å². The summed E-state index contributed by atoms with van der Waals surface area (Å²) in [6.07, 6.45) is 1.58. The average Bonchev–Trinajstić information content (AvgIpc) is 2.81. The number of nitro groups is 1. The quantitative estimate of drug-likeness (QED) is 0.157. The molecular formula is C25H19BrN2O4. The van der Waals surface area contributed by atoms with Crippen molar-refractivity contribution in [2.75, 3.05) is 0 Å². The highest BCUT2D eigenvalue weighted by molar-refractivity contribution is 9.10. The van der Waals surface area contributed by atoms with Gasteiger partial charge in [0.15, 0.2) is 0 Å². The van der Waals surface area contributed by atoms with E-state index < -0.39 is 4.92 Å². The second-order valence-corrected chi connectivity index (χ2v) is 7.95. The molecule has 0 unspecified atom stereocenters. The number of non-ortho nitro benzene ring substituents is 1. The molecule has 0 bridgehead atoms. The van der Waals surface area contributed by atoms with Gasteiger partial charge in [-0.3, -0.25) is 10.1 Å². The molecule has 4 rings (SSSR count). The maximum Gasteiger partial charge on any atom is 0.269 e. The predicted octanol–water partition coefficient (Wildman–Crippen LogP) is 6.64. The van der Waals surface area contributed by atoms with Crippen LogP contribution in [0, 0.1) is 10.1 Å². The third kappa shape index (κ3) is 5.50. The summed E-state index contributed by atoms with van der Waals surface area (Å²) in [5, 5.41) is 17.2. The van der Waals surface area contributed by atoms with Crippen LogP contribution in [0.25, 0.3) is 10.8 Å². The molecule has 0 saturated heterocycles. The van der Waals surface area contributed by atoms with Crippen molar-refractivity contribution in [3.63, 3.8) is 0 Å². The first-order valence-corrected chi connectivity index (χ1v) is 10.7. The standard InChI is InChI=1S/C25H19BrN2O4/c26-24-14-18(15-27-32-17-19-4-3-7-23(13-19)28(29)30)9-11-25(24)31-16-20-8-10-21-5-1-2-6-22(21)12-20/h1-15H,16-17H2/b27-15-. The van der Waals surface area contributed by atoms with Crippen molar-refractivity contribution in [2.24, 2.45) is 5.16 Å². The minimum atomic E-state index is -0.437. The number of hydrogen-bond acceptors (Lipinski definition) is 5. The number of oxime groups is 1. The number of benzene rings is 4. The van der Waals surface area contributed by atoms with Crippen LogP contribution in [0.3, 0.4) is 0 Å². The van der Waals surface area contributed by atoms with Gasteiger partial charge in [0.2, 0.25) is 0 Å². The maximum atomic E-state index is 10.8. The van der Waals surface area contributed by atoms with E-state index in [1.807, 2.05) is 30.3 Å². The van der Waals surface area contributed by atoms with Crippen LogP contribution in [0.5, 0.6) is 5.75 Å². The van der Waals surface area contributed by atoms with Gasteiger partial charge in [-0.05, 0) is 67.7 Å². The predicted molar refractivity (Wildman–Crippen MR) is 128 cm³/mol. The minimum absolute atomic E-state index is 0.0262. The third-order valence-electron chi connectivity index (χ3n) is 4.79. The van der Waals surface area contributed by atoms with Crippen molar-refractivity contribution in [1.82, 2.24) is 0 Å². The van der Waals surface area contributed by atoms with Crippen LogP contribution >= 0.6 is 15.9 Å². The first-order chi connectivity index (χ1) is 15.6. The Balaban J connectivity index is 1.33. The first-order valence-electron chi connectivity index (χ1n) is 9.87. The molecule has 0 N–H and O–H groups in total. The van der Waals surface area contributed by atoms with E-state index in [4.69, 9.17) is 9.57 Å². The largest absolute Gasteiger partial charge is 0.488 e. The molecule has 32 heavy (non-hydrogen) atoms. The molecule has 0 saturated carbocycles. The molecule has 0 aromatic heterocycles. The van der Waals surface area contributed by atoms with Crippen molar-refractivity contribution in [3.05, 3.63) is 116 Å². The van der Waals surface area contributed by atoms with Crippen molar-refractivity contribution in [2.45, 2.75) is 13.2 Å². The van der Waals surface area contributed by atoms with Gasteiger partial charge < -0.3 is 9.57 Å². The fraction of sp³-hybridized carbons (Fsp3) is 0.0800. The van der Waals surface area contributed by atoms with E-state index in [0.717, 1.165) is 21.3 Å². The maximum absolute atomic E-state index is 10.8. The molecule has 0 radical (unpaired) electrons. The molecule has 0 atom stereocenters. The van der Waals surface area contributed by atoms with Gasteiger partial charge in [-0.15, -0.1) is 0 Å². The van der Waals surface area contributed by atoms with Crippen LogP contribution in [-0.2, 0) is 18.1 Å². The average molecular weight is 491 g/mol. The monoisotopic (exact) mass is 490 g/mol. The highest BCUT2D eigenvalue weighted by Crippen LogP contribution is 2.27. The molecular weight excluding hydrogens is 472 g/mol. The summed E-state index contributed by atoms with van der Waals surface area (Å²) in [5.41, 5.74) is 2.62. The van der Waals surface area contributed by atoms with E-state index in [1.54, 1.807) is 18.3 Å². The van der Waals surface area contributed by atoms with Gasteiger partial charge in [0.1, 0.15) is 19.0 Å². The summed E-state index contributed by atoms with van der Waals surface area (Å²) < 4.78 is 6.77. The lowest BCUT2D eigenvalue weighted by Gasteiger charge is -2.09. The highest BCUT2D eigenvalue weighted by atomic mass is 79.9. The van der Waals surface area contributed by atoms with Gasteiger partial charge in [-0.2, -0.15) is 0 Å². The Hall–Kier alpha value is -3.71. The molecule has 6 nitrogen and oxygen atoms in total. The molecule has 7 heteroatoms. The van der Waals surface area contributed by atoms with E-state index >= 15 is 0 Å². The van der Waals surface area contributed by atoms with E-state index in [1.165, 1.54) is 22.9 Å². The Kier molecular flexibility index (Phi) is 6.77. The number of rotatable bonds is 8. The van der Waals surface area contributed by atoms with Gasteiger partial charge in [0.05, 0.1) is 15.6 Å². The summed E-state index contributed by atoms with van der Waals surface area (Å²) in [6.45, 7) is 0.607. The molecule has 0 aliphatic carbocycles. The van der Waals surface area contributed by atoms with E-state index in [0.29, 0.717) is 12.2 Å². The Morgan fingerprint density at radius 1 is 0.875 bits per heavy atom. The molecule has 0 fully saturated rings. The Bertz CT molecular complexity index is 1290. The van der Waals surface area contributed by atoms with Crippen LogP contribution in [-0.4, -0.2) is 11.1 Å². The first kappa shape index (κ1) is 21.5. The molecule has 4 aromatic rings. The van der Waals surface area contributed by atoms with Crippen LogP contribution in [0.1, 0.15) is 16.7 Å². The summed E-state index contributed by atoms with van der Waals surface area (Å²) in [5.74, 6) is 0.729. The molecule has 4 aromatic carbocycles. The number of nitro benzene ring substituents is 1. The van der Waals surface area contributed by atoms with Gasteiger partial charge in [0, 0.05) is 12.1 Å². The van der Waals surface area contributed by atoms with Gasteiger partial charge in [-0.25, -0.2) is 0 Å². The number of fused-ring (bicyclic) bond motifs is 1. The lowest BCUT2D eigenvalue weighted by molar-refractivity contribution is -0.384. The van der Waals surface area contributed by atoms with E-state index in [2.05, 4.69) is 51.4 Å². The van der Waals surface area contributed by atoms with Gasteiger partial charge in [-0.1, -0.05) is 53.7 Å². The van der Waals surface area contributed by atoms with E-state index in [9.17, 15) is 10.1 Å². The zero-order valence-electron chi connectivity index (χ0n) is 17.0. The topological polar surface area (TPSA) is 74.0 Å². The molecule has 0 amide bonds. The summed E-state index contributed by atoms with van der Waals surface area (Å²) in [7, 11) is 0. The van der Waals surface area contributed by atoms with Crippen LogP contribution in [0.4, 0.5) is 5.69 Å². The van der Waals surface area contributed by atoms with Crippen LogP contribution in [0.2, 0.25) is 0 Å². The molecule has 0 spiro atoms. The zero-order valence-corrected chi connectivity index (χ0v) is 18.6. The summed E-state index contributed by atoms with van der Waals surface area (Å²) in [4.78, 5) is 15.7. The number of halogens is 1. The number of hydrogen-bond donors (Lipinski definition) is 0. The number of nitrogens with zero attached hydrogens (tertiary/aromatic N) is 2. The third-order valence-corrected chi connectivity index (χ3v) is 5.41. The Morgan fingerprint density at radius 2 is 1.69 bits per heavy atom. The second kappa shape index (κ2) is 10.1. The van der Waals surface area contributed by atoms with Crippen molar-refractivity contribution in [1.29, 1.82) is 0 Å². The Morgan fingerprint density at radius 3 is 2.50 bits per heavy atom. The smallest absolute Gasteiger partial charge is 0.269 e. The van der Waals surface area contributed by atoms with Gasteiger partial charge >= 0.3 is 0 Å². The van der Waals surface area contributed by atoms with Crippen molar-refractivity contribution in [3.8, 4) is 5.75 Å². The summed E-state index contributed by atoms with van der Waals surface area (Å²) >= 11 is 3.54. The molecule has 0 aliphatic heterocycles. The fourth-order valence-electron chi connectivity index (χ4n) is 3.17. The Labute approximate surface area is 193 Å². The zero-order chi connectivity index (χ0) is 22.3. The lowest BCUT2D eigenvalue weighted by Crippen LogP contribution is -1.97. The lowest BCUT2D eigenvalue weighted by atomic mass is 10.1. The normalized spacial score (nSPS) is 11.0. The number of ether oxygens (including phenoxy) is 1. The van der Waals surface area contributed by atoms with E-state index in [-0.39, 0.29) is 12.3 Å². The minimum Gasteiger partial charge on any atom is -0.488 e. The van der Waals surface area contributed by atoms with Crippen molar-refractivity contribution >= 4 is 38.6 Å². The summed E-state index contributed by atoms with van der Waals surface area (Å²) in [6, 6.07) is 26.4. The SMILES string of the molecule is O=[N+]([O-])c1cccc(CO/N=C\c2ccc(OCc3ccc4ccccc4c3)c(Br)c2)c1. The van der Waals surface area contributed by atoms with Crippen LogP contribution < -0.4 is 4.74 Å². The molecule has 0 heterocycles. The van der Waals surface area contributed by atoms with Gasteiger partial charge in [0.25, 0.3) is 5.69 Å². The molecule has 0 aliphatic rings. The fourth-order valence-corrected chi connectivity index (χ4v) is 3.68. The molecule has 160 valence electrons.